The number of para-hydroxylation sites is 1. The van der Waals surface area contributed by atoms with Gasteiger partial charge >= 0.3 is 5.97 Å². The molecule has 0 unspecified atom stereocenters. The van der Waals surface area contributed by atoms with Gasteiger partial charge in [-0.05, 0) is 31.4 Å². The van der Waals surface area contributed by atoms with Crippen molar-refractivity contribution in [2.45, 2.75) is 31.3 Å². The Hall–Kier alpha value is -2.70. The summed E-state index contributed by atoms with van der Waals surface area (Å²) >= 11 is 0. The van der Waals surface area contributed by atoms with Crippen LogP contribution >= 0.6 is 0 Å². The van der Waals surface area contributed by atoms with Crippen LogP contribution < -0.4 is 10.9 Å². The average molecular weight is 301 g/mol. The Labute approximate surface area is 125 Å². The minimum Gasteiger partial charge on any atom is -0.480 e. The maximum absolute atomic E-state index is 12.3. The van der Waals surface area contributed by atoms with E-state index in [9.17, 15) is 19.5 Å². The summed E-state index contributed by atoms with van der Waals surface area (Å²) in [6.07, 6.45) is 2.90. The van der Waals surface area contributed by atoms with Gasteiger partial charge in [0.15, 0.2) is 0 Å². The van der Waals surface area contributed by atoms with E-state index in [1.807, 2.05) is 0 Å². The molecule has 3 rings (SSSR count). The Bertz CT molecular complexity index is 808. The monoisotopic (exact) mass is 301 g/mol. The molecule has 0 radical (unpaired) electrons. The number of carbonyl (C=O) groups excluding carboxylic acids is 1. The van der Waals surface area contributed by atoms with Crippen molar-refractivity contribution in [3.8, 4) is 0 Å². The molecule has 1 aromatic heterocycles. The highest BCUT2D eigenvalue weighted by atomic mass is 16.4. The fraction of sp³-hybridized carbons (Fsp3) is 0.333. The molecule has 7 heteroatoms. The van der Waals surface area contributed by atoms with E-state index in [-0.39, 0.29) is 12.1 Å². The first-order chi connectivity index (χ1) is 10.5. The van der Waals surface area contributed by atoms with E-state index in [1.165, 1.54) is 10.9 Å². The van der Waals surface area contributed by atoms with Crippen LogP contribution in [0.1, 0.15) is 19.3 Å². The first-order valence-electron chi connectivity index (χ1n) is 7.00. The minimum absolute atomic E-state index is 0.244. The van der Waals surface area contributed by atoms with Crippen LogP contribution in [0.5, 0.6) is 0 Å². The Balaban J connectivity index is 1.81. The third-order valence-corrected chi connectivity index (χ3v) is 4.04. The highest BCUT2D eigenvalue weighted by molar-refractivity contribution is 5.88. The van der Waals surface area contributed by atoms with Crippen molar-refractivity contribution in [2.75, 3.05) is 0 Å². The topological polar surface area (TPSA) is 101 Å². The lowest BCUT2D eigenvalue weighted by Gasteiger charge is -2.38. The lowest BCUT2D eigenvalue weighted by Crippen LogP contribution is -2.59. The second-order valence-corrected chi connectivity index (χ2v) is 5.48. The number of fused-ring (bicyclic) bond motifs is 1. The van der Waals surface area contributed by atoms with Crippen LogP contribution in [0.25, 0.3) is 10.9 Å². The van der Waals surface area contributed by atoms with Gasteiger partial charge in [-0.1, -0.05) is 12.1 Å². The number of aromatic nitrogens is 2. The normalized spacial score (nSPS) is 16.0. The van der Waals surface area contributed by atoms with Crippen LogP contribution in [0, 0.1) is 0 Å². The zero-order valence-electron chi connectivity index (χ0n) is 11.8. The fourth-order valence-corrected chi connectivity index (χ4v) is 2.60. The summed E-state index contributed by atoms with van der Waals surface area (Å²) in [5.74, 6) is -1.53. The summed E-state index contributed by atoms with van der Waals surface area (Å²) in [5, 5.41) is 12.2. The van der Waals surface area contributed by atoms with Gasteiger partial charge in [0.25, 0.3) is 5.56 Å². The summed E-state index contributed by atoms with van der Waals surface area (Å²) in [6, 6.07) is 6.86. The molecular formula is C15H15N3O4. The second-order valence-electron chi connectivity index (χ2n) is 5.48. The van der Waals surface area contributed by atoms with Gasteiger partial charge < -0.3 is 10.4 Å². The van der Waals surface area contributed by atoms with Crippen molar-refractivity contribution in [2.24, 2.45) is 0 Å². The van der Waals surface area contributed by atoms with Crippen molar-refractivity contribution in [1.29, 1.82) is 0 Å². The predicted molar refractivity (Wildman–Crippen MR) is 78.4 cm³/mol. The van der Waals surface area contributed by atoms with Gasteiger partial charge in [-0.3, -0.25) is 14.2 Å². The van der Waals surface area contributed by atoms with Crippen LogP contribution in [-0.4, -0.2) is 32.1 Å². The minimum atomic E-state index is -1.18. The maximum Gasteiger partial charge on any atom is 0.329 e. The van der Waals surface area contributed by atoms with Gasteiger partial charge in [0.05, 0.1) is 17.2 Å². The number of aliphatic carboxylic acids is 1. The number of hydrogen-bond acceptors (Lipinski definition) is 4. The average Bonchev–Trinajstić information content (AvgIpc) is 2.46. The van der Waals surface area contributed by atoms with E-state index in [4.69, 9.17) is 0 Å². The molecule has 1 aliphatic rings. The van der Waals surface area contributed by atoms with Gasteiger partial charge in [-0.2, -0.15) is 0 Å². The van der Waals surface area contributed by atoms with Crippen molar-refractivity contribution in [3.05, 3.63) is 40.9 Å². The van der Waals surface area contributed by atoms with Crippen molar-refractivity contribution in [1.82, 2.24) is 14.9 Å². The zero-order chi connectivity index (χ0) is 15.7. The molecule has 2 N–H and O–H groups in total. The Morgan fingerprint density at radius 3 is 2.68 bits per heavy atom. The van der Waals surface area contributed by atoms with Crippen LogP contribution in [0.2, 0.25) is 0 Å². The zero-order valence-corrected chi connectivity index (χ0v) is 11.8. The number of nitrogens with zero attached hydrogens (tertiary/aromatic N) is 2. The summed E-state index contributed by atoms with van der Waals surface area (Å²) in [5.41, 5.74) is -0.936. The molecule has 0 saturated heterocycles. The third-order valence-electron chi connectivity index (χ3n) is 4.04. The molecule has 0 aliphatic heterocycles. The smallest absolute Gasteiger partial charge is 0.329 e. The summed E-state index contributed by atoms with van der Waals surface area (Å²) in [7, 11) is 0. The molecule has 1 saturated carbocycles. The number of carbonyl (C=O) groups is 2. The highest BCUT2D eigenvalue weighted by Gasteiger charge is 2.45. The molecule has 114 valence electrons. The molecule has 1 aliphatic carbocycles. The summed E-state index contributed by atoms with van der Waals surface area (Å²) < 4.78 is 1.19. The van der Waals surface area contributed by atoms with Gasteiger partial charge in [-0.15, -0.1) is 0 Å². The largest absolute Gasteiger partial charge is 0.480 e. The van der Waals surface area contributed by atoms with E-state index in [2.05, 4.69) is 10.3 Å². The molecular weight excluding hydrogens is 286 g/mol. The Morgan fingerprint density at radius 2 is 2.05 bits per heavy atom. The van der Waals surface area contributed by atoms with Crippen LogP contribution in [0.3, 0.4) is 0 Å². The van der Waals surface area contributed by atoms with Crippen molar-refractivity contribution >= 4 is 22.8 Å². The summed E-state index contributed by atoms with van der Waals surface area (Å²) in [4.78, 5) is 39.7. The molecule has 7 nitrogen and oxygen atoms in total. The first kappa shape index (κ1) is 14.2. The first-order valence-corrected chi connectivity index (χ1v) is 7.00. The Kier molecular flexibility index (Phi) is 3.40. The lowest BCUT2D eigenvalue weighted by atomic mass is 9.77. The van der Waals surface area contributed by atoms with Crippen LogP contribution in [0.4, 0.5) is 0 Å². The van der Waals surface area contributed by atoms with Gasteiger partial charge in [-0.25, -0.2) is 9.78 Å². The lowest BCUT2D eigenvalue weighted by molar-refractivity contribution is -0.151. The molecule has 22 heavy (non-hydrogen) atoms. The molecule has 0 atom stereocenters. The van der Waals surface area contributed by atoms with Crippen molar-refractivity contribution < 1.29 is 14.7 Å². The number of rotatable bonds is 4. The fourth-order valence-electron chi connectivity index (χ4n) is 2.60. The summed E-state index contributed by atoms with van der Waals surface area (Å²) in [6.45, 7) is -0.244. The third kappa shape index (κ3) is 2.34. The van der Waals surface area contributed by atoms with Crippen molar-refractivity contribution in [3.63, 3.8) is 0 Å². The van der Waals surface area contributed by atoms with Crippen LogP contribution in [0.15, 0.2) is 35.4 Å². The molecule has 0 bridgehead atoms. The van der Waals surface area contributed by atoms with E-state index < -0.39 is 17.4 Å². The number of benzene rings is 1. The quantitative estimate of drug-likeness (QED) is 0.857. The predicted octanol–water partition coefficient (Wildman–Crippen LogP) is 0.520. The molecule has 1 fully saturated rings. The van der Waals surface area contributed by atoms with Gasteiger partial charge in [0, 0.05) is 0 Å². The van der Waals surface area contributed by atoms with E-state index in [0.29, 0.717) is 23.7 Å². The Morgan fingerprint density at radius 1 is 1.32 bits per heavy atom. The molecule has 0 spiro atoms. The van der Waals surface area contributed by atoms with E-state index >= 15 is 0 Å². The number of amides is 1. The molecule has 2 aromatic rings. The maximum atomic E-state index is 12.3. The highest BCUT2D eigenvalue weighted by Crippen LogP contribution is 2.31. The number of nitrogens with one attached hydrogen (secondary N) is 1. The molecule has 1 amide bonds. The number of hydrogen-bond donors (Lipinski definition) is 2. The molecule has 1 heterocycles. The van der Waals surface area contributed by atoms with Gasteiger partial charge in [0.1, 0.15) is 12.1 Å². The van der Waals surface area contributed by atoms with E-state index in [0.717, 1.165) is 6.42 Å². The number of carboxylic acid groups (broad SMARTS) is 1. The molecule has 1 aromatic carbocycles. The second kappa shape index (κ2) is 5.25. The standard InChI is InChI=1S/C15H15N3O4/c19-12(17-15(14(21)22)6-3-7-15)8-18-9-16-11-5-2-1-4-10(11)13(18)20/h1-2,4-5,9H,3,6-8H2,(H,17,19)(H,21,22). The van der Waals surface area contributed by atoms with Gasteiger partial charge in [0.2, 0.25) is 5.91 Å². The SMILES string of the molecule is O=C(Cn1cnc2ccccc2c1=O)NC1(C(=O)O)CCC1. The number of carboxylic acids is 1. The van der Waals surface area contributed by atoms with Crippen LogP contribution in [-0.2, 0) is 16.1 Å². The van der Waals surface area contributed by atoms with E-state index in [1.54, 1.807) is 24.3 Å².